The molecule has 1 fully saturated rings. The van der Waals surface area contributed by atoms with Crippen molar-refractivity contribution in [1.29, 1.82) is 0 Å². The number of benzene rings is 1. The van der Waals surface area contributed by atoms with Crippen LogP contribution in [0, 0.1) is 0 Å². The molecule has 1 saturated heterocycles. The van der Waals surface area contributed by atoms with Gasteiger partial charge < -0.3 is 10.1 Å². The van der Waals surface area contributed by atoms with E-state index in [1.165, 1.54) is 0 Å². The van der Waals surface area contributed by atoms with E-state index >= 15 is 0 Å². The zero-order chi connectivity index (χ0) is 19.0. The highest BCUT2D eigenvalue weighted by Gasteiger charge is 2.28. The molecule has 1 aliphatic heterocycles. The highest BCUT2D eigenvalue weighted by atomic mass is 16.5. The summed E-state index contributed by atoms with van der Waals surface area (Å²) in [5, 5.41) is 1.17. The van der Waals surface area contributed by atoms with E-state index in [2.05, 4.69) is 0 Å². The number of imide groups is 1. The molecule has 0 spiro atoms. The zero-order valence-corrected chi connectivity index (χ0v) is 9.67. The lowest BCUT2D eigenvalue weighted by Gasteiger charge is -2.21. The summed E-state index contributed by atoms with van der Waals surface area (Å²) in [5.74, 6) is -3.49. The van der Waals surface area contributed by atoms with Crippen LogP contribution in [0.3, 0.4) is 0 Å². The van der Waals surface area contributed by atoms with Crippen molar-refractivity contribution < 1.29 is 27.4 Å². The molecule has 100 valence electrons. The van der Waals surface area contributed by atoms with Crippen LogP contribution in [0.5, 0.6) is 0 Å². The molecule has 1 aromatic carbocycles. The van der Waals surface area contributed by atoms with Gasteiger partial charge in [0.05, 0.1) is 1.37 Å². The molecule has 1 aromatic rings. The van der Waals surface area contributed by atoms with Gasteiger partial charge in [-0.3, -0.25) is 14.9 Å². The van der Waals surface area contributed by atoms with E-state index in [1.54, 1.807) is 35.6 Å². The van der Waals surface area contributed by atoms with Crippen molar-refractivity contribution in [3.05, 3.63) is 35.9 Å². The lowest BCUT2D eigenvalue weighted by molar-refractivity contribution is -0.134. The van der Waals surface area contributed by atoms with E-state index < -0.39 is 42.0 Å². The summed E-state index contributed by atoms with van der Waals surface area (Å²) in [6.07, 6.45) is -8.18. The largest absolute Gasteiger partial charge is 0.445 e. The molecule has 1 atom stereocenters. The third-order valence-corrected chi connectivity index (χ3v) is 2.15. The molecule has 19 heavy (non-hydrogen) atoms. The minimum absolute atomic E-state index is 0.240. The second-order valence-corrected chi connectivity index (χ2v) is 3.53. The number of carbonyl (C=O) groups excluding carboxylic acids is 3. The normalized spacial score (nSPS) is 32.9. The number of ether oxygens (including phenoxy) is 1. The second-order valence-electron chi connectivity index (χ2n) is 3.53. The quantitative estimate of drug-likeness (QED) is 0.791. The van der Waals surface area contributed by atoms with Crippen molar-refractivity contribution in [2.24, 2.45) is 0 Å². The van der Waals surface area contributed by atoms with Crippen molar-refractivity contribution in [3.8, 4) is 0 Å². The van der Waals surface area contributed by atoms with E-state index in [1.807, 2.05) is 0 Å². The van der Waals surface area contributed by atoms with Crippen molar-refractivity contribution in [3.63, 3.8) is 0 Å². The number of amides is 3. The van der Waals surface area contributed by atoms with Gasteiger partial charge in [-0.25, -0.2) is 4.79 Å². The highest BCUT2D eigenvalue weighted by molar-refractivity contribution is 6.01. The Morgan fingerprint density at radius 1 is 1.53 bits per heavy atom. The first kappa shape index (κ1) is 7.28. The van der Waals surface area contributed by atoms with Crippen LogP contribution < -0.4 is 10.6 Å². The summed E-state index contributed by atoms with van der Waals surface area (Å²) in [6, 6.07) is 5.13. The fraction of sp³-hybridized carbons (Fsp3) is 0.308. The summed E-state index contributed by atoms with van der Waals surface area (Å²) in [4.78, 5) is 35.5. The third kappa shape index (κ3) is 3.80. The van der Waals surface area contributed by atoms with Gasteiger partial charge in [-0.15, -0.1) is 0 Å². The van der Waals surface area contributed by atoms with Gasteiger partial charge >= 0.3 is 6.09 Å². The van der Waals surface area contributed by atoms with Crippen LogP contribution in [0.1, 0.15) is 25.2 Å². The maximum absolute atomic E-state index is 12.0. The first-order valence-electron chi connectivity index (χ1n) is 8.26. The fourth-order valence-corrected chi connectivity index (χ4v) is 1.29. The Morgan fingerprint density at radius 2 is 2.26 bits per heavy atom. The molecule has 0 radical (unpaired) electrons. The van der Waals surface area contributed by atoms with E-state index in [-0.39, 0.29) is 6.61 Å². The molecule has 6 nitrogen and oxygen atoms in total. The van der Waals surface area contributed by atoms with Crippen molar-refractivity contribution in [1.82, 2.24) is 10.6 Å². The number of hydrogen-bond acceptors (Lipinski definition) is 4. The molecule has 0 aliphatic carbocycles. The first-order chi connectivity index (χ1) is 11.4. The summed E-state index contributed by atoms with van der Waals surface area (Å²) in [7, 11) is 0. The SMILES string of the molecule is [2H]N1C(=O)C([2H])([2H])C([2H])([2H])[C@]([2H])(NC(=O)OCc2ccccc2)C1=O. The Morgan fingerprint density at radius 3 is 3.00 bits per heavy atom. The number of nitrogens with one attached hydrogen (secondary N) is 2. The standard InChI is InChI=1S/C13H14N2O4/c16-11-7-6-10(12(17)15-11)14-13(18)19-8-9-4-2-1-3-5-9/h1-5,10H,6-8H2,(H,14,18)(H,15,16,17)/t10-/m0/s1/i6D2,7D2,10D/hD. The average molecular weight is 268 g/mol. The van der Waals surface area contributed by atoms with Crippen LogP contribution in [-0.2, 0) is 20.9 Å². The Balaban J connectivity index is 2.21. The molecule has 0 saturated carbocycles. The smallest absolute Gasteiger partial charge is 0.408 e. The maximum Gasteiger partial charge on any atom is 0.408 e. The molecule has 0 unspecified atom stereocenters. The molecule has 2 rings (SSSR count). The molecule has 3 amide bonds. The first-order valence-corrected chi connectivity index (χ1v) is 5.32. The van der Waals surface area contributed by atoms with E-state index in [0.717, 1.165) is 0 Å². The highest BCUT2D eigenvalue weighted by Crippen LogP contribution is 2.05. The van der Waals surface area contributed by atoms with Crippen molar-refractivity contribution >= 4 is 17.9 Å². The second kappa shape index (κ2) is 5.99. The van der Waals surface area contributed by atoms with Gasteiger partial charge in [0.25, 0.3) is 0 Å². The molecule has 0 bridgehead atoms. The van der Waals surface area contributed by atoms with Crippen molar-refractivity contribution in [2.45, 2.75) is 25.4 Å². The van der Waals surface area contributed by atoms with E-state index in [9.17, 15) is 14.4 Å². The molecular formula is C13H14N2O4. The van der Waals surface area contributed by atoms with Gasteiger partial charge in [-0.2, -0.15) is 0 Å². The van der Waals surface area contributed by atoms with Crippen LogP contribution in [-0.4, -0.2) is 23.9 Å². The predicted octanol–water partition coefficient (Wildman–Crippen LogP) is 0.718. The van der Waals surface area contributed by atoms with E-state index in [0.29, 0.717) is 5.56 Å². The van der Waals surface area contributed by atoms with Crippen LogP contribution in [0.15, 0.2) is 30.3 Å². The summed E-state index contributed by atoms with van der Waals surface area (Å²) >= 11 is 0. The monoisotopic (exact) mass is 268 g/mol. The number of hydrogen-bond donors (Lipinski definition) is 2. The Kier molecular flexibility index (Phi) is 2.29. The van der Waals surface area contributed by atoms with Crippen molar-refractivity contribution in [2.75, 3.05) is 0 Å². The average Bonchev–Trinajstić information content (AvgIpc) is 2.57. The molecular weight excluding hydrogens is 248 g/mol. The molecule has 2 N–H and O–H groups in total. The minimum atomic E-state index is -3.43. The summed E-state index contributed by atoms with van der Waals surface area (Å²) in [6.45, 7) is -0.240. The van der Waals surface area contributed by atoms with Gasteiger partial charge in [0.1, 0.15) is 12.6 Å². The van der Waals surface area contributed by atoms with Gasteiger partial charge in [0.15, 0.2) is 1.41 Å². The summed E-state index contributed by atoms with van der Waals surface area (Å²) in [5.41, 5.74) is 0.585. The number of alkyl carbamates (subject to hydrolysis) is 1. The molecule has 6 heteroatoms. The van der Waals surface area contributed by atoms with Gasteiger partial charge in [-0.1, -0.05) is 30.3 Å². The maximum atomic E-state index is 12.0. The van der Waals surface area contributed by atoms with Crippen LogP contribution in [0.4, 0.5) is 4.79 Å². The summed E-state index contributed by atoms with van der Waals surface area (Å²) < 4.78 is 50.4. The number of carbonyl (C=O) groups is 3. The van der Waals surface area contributed by atoms with Gasteiger partial charge in [0.2, 0.25) is 11.8 Å². The van der Waals surface area contributed by atoms with Crippen LogP contribution in [0.25, 0.3) is 0 Å². The Hall–Kier alpha value is -2.37. The van der Waals surface area contributed by atoms with Crippen LogP contribution >= 0.6 is 0 Å². The van der Waals surface area contributed by atoms with E-state index in [4.69, 9.17) is 13.0 Å². The third-order valence-electron chi connectivity index (χ3n) is 2.15. The fourth-order valence-electron chi connectivity index (χ4n) is 1.29. The molecule has 0 aromatic heterocycles. The Bertz CT molecular complexity index is 714. The lowest BCUT2D eigenvalue weighted by Crippen LogP contribution is -2.52. The lowest BCUT2D eigenvalue weighted by atomic mass is 10.1. The minimum Gasteiger partial charge on any atom is -0.445 e. The van der Waals surface area contributed by atoms with Gasteiger partial charge in [-0.05, 0) is 11.9 Å². The zero-order valence-electron chi connectivity index (χ0n) is 15.7. The van der Waals surface area contributed by atoms with Gasteiger partial charge in [0, 0.05) is 11.9 Å². The number of piperidine rings is 1. The topological polar surface area (TPSA) is 84.5 Å². The molecule has 1 aliphatic rings. The predicted molar refractivity (Wildman–Crippen MR) is 65.9 cm³/mol. The molecule has 1 heterocycles. The van der Waals surface area contributed by atoms with Crippen LogP contribution in [0.2, 0.25) is 1.41 Å². The number of rotatable bonds is 3. The Labute approximate surface area is 118 Å².